The fourth-order valence-corrected chi connectivity index (χ4v) is 2.24. The monoisotopic (exact) mass is 218 g/mol. The van der Waals surface area contributed by atoms with Crippen molar-refractivity contribution < 1.29 is 0 Å². The van der Waals surface area contributed by atoms with Crippen molar-refractivity contribution >= 4 is 10.9 Å². The second-order valence-corrected chi connectivity index (χ2v) is 3.56. The van der Waals surface area contributed by atoms with Crippen LogP contribution in [-0.2, 0) is 13.0 Å². The van der Waals surface area contributed by atoms with Gasteiger partial charge in [0.2, 0.25) is 0 Å². The quantitative estimate of drug-likeness (QED) is 0.746. The maximum atomic E-state index is 4.19. The summed E-state index contributed by atoms with van der Waals surface area (Å²) in [6.07, 6.45) is 4.92. The summed E-state index contributed by atoms with van der Waals surface area (Å²) in [7, 11) is 0. The van der Waals surface area contributed by atoms with E-state index in [1.54, 1.807) is 0 Å². The van der Waals surface area contributed by atoms with Gasteiger partial charge in [-0.05, 0) is 31.9 Å². The number of rotatable bonds is 2. The maximum absolute atomic E-state index is 4.19. The molecule has 2 heteroatoms. The molecule has 16 heavy (non-hydrogen) atoms. The van der Waals surface area contributed by atoms with Gasteiger partial charge in [-0.3, -0.25) is 4.98 Å². The third-order valence-corrected chi connectivity index (χ3v) is 2.90. The molecule has 0 saturated heterocycles. The SMILES string of the molecule is CC.CCc1c(C)c2ccncc2n1CC. The first-order valence-corrected chi connectivity index (χ1v) is 6.21. The summed E-state index contributed by atoms with van der Waals surface area (Å²) in [6.45, 7) is 11.6. The molecule has 0 aliphatic heterocycles. The smallest absolute Gasteiger partial charge is 0.0671 e. The van der Waals surface area contributed by atoms with Crippen molar-refractivity contribution in [3.63, 3.8) is 0 Å². The minimum Gasteiger partial charge on any atom is -0.343 e. The zero-order valence-electron chi connectivity index (χ0n) is 11.0. The molecule has 0 amide bonds. The third-order valence-electron chi connectivity index (χ3n) is 2.90. The molecular formula is C14H22N2. The van der Waals surface area contributed by atoms with E-state index >= 15 is 0 Å². The molecule has 0 aliphatic carbocycles. The molecule has 2 nitrogen and oxygen atoms in total. The lowest BCUT2D eigenvalue weighted by Gasteiger charge is -2.05. The second kappa shape index (κ2) is 5.69. The van der Waals surface area contributed by atoms with Gasteiger partial charge in [-0.1, -0.05) is 20.8 Å². The first kappa shape index (κ1) is 12.8. The number of aromatic nitrogens is 2. The Morgan fingerprint density at radius 3 is 2.50 bits per heavy atom. The predicted molar refractivity (Wildman–Crippen MR) is 70.9 cm³/mol. The number of pyridine rings is 1. The van der Waals surface area contributed by atoms with E-state index in [1.165, 1.54) is 22.2 Å². The van der Waals surface area contributed by atoms with E-state index in [2.05, 4.69) is 36.4 Å². The Labute approximate surface area is 98.3 Å². The van der Waals surface area contributed by atoms with Crippen molar-refractivity contribution in [2.45, 2.75) is 47.6 Å². The fourth-order valence-electron chi connectivity index (χ4n) is 2.24. The van der Waals surface area contributed by atoms with Gasteiger partial charge in [-0.15, -0.1) is 0 Å². The molecule has 2 heterocycles. The van der Waals surface area contributed by atoms with Crippen LogP contribution in [0.5, 0.6) is 0 Å². The minimum absolute atomic E-state index is 1.03. The fraction of sp³-hybridized carbons (Fsp3) is 0.500. The predicted octanol–water partition coefficient (Wildman–Crippen LogP) is 3.95. The lowest BCUT2D eigenvalue weighted by molar-refractivity contribution is 0.740. The van der Waals surface area contributed by atoms with Gasteiger partial charge in [-0.25, -0.2) is 0 Å². The Morgan fingerprint density at radius 1 is 1.25 bits per heavy atom. The van der Waals surface area contributed by atoms with Gasteiger partial charge in [0.25, 0.3) is 0 Å². The van der Waals surface area contributed by atoms with Gasteiger partial charge in [0, 0.05) is 23.8 Å². The summed E-state index contributed by atoms with van der Waals surface area (Å²) >= 11 is 0. The van der Waals surface area contributed by atoms with Gasteiger partial charge in [0.1, 0.15) is 0 Å². The molecule has 0 unspecified atom stereocenters. The summed E-state index contributed by atoms with van der Waals surface area (Å²) < 4.78 is 2.36. The molecule has 0 aromatic carbocycles. The number of hydrogen-bond acceptors (Lipinski definition) is 1. The zero-order chi connectivity index (χ0) is 12.1. The first-order chi connectivity index (χ1) is 7.79. The largest absolute Gasteiger partial charge is 0.343 e. The molecule has 0 fully saturated rings. The first-order valence-electron chi connectivity index (χ1n) is 6.21. The highest BCUT2D eigenvalue weighted by Gasteiger charge is 2.10. The lowest BCUT2D eigenvalue weighted by Crippen LogP contribution is -1.99. The van der Waals surface area contributed by atoms with Crippen LogP contribution in [0.15, 0.2) is 18.5 Å². The zero-order valence-corrected chi connectivity index (χ0v) is 11.0. The molecular weight excluding hydrogens is 196 g/mol. The molecule has 0 aliphatic rings. The molecule has 2 rings (SSSR count). The van der Waals surface area contributed by atoms with E-state index in [-0.39, 0.29) is 0 Å². The maximum Gasteiger partial charge on any atom is 0.0671 e. The Balaban J connectivity index is 0.000000606. The highest BCUT2D eigenvalue weighted by Crippen LogP contribution is 2.24. The summed E-state index contributed by atoms with van der Waals surface area (Å²) in [5.74, 6) is 0. The summed E-state index contributed by atoms with van der Waals surface area (Å²) in [5, 5.41) is 1.35. The van der Waals surface area contributed by atoms with Crippen LogP contribution in [0.1, 0.15) is 39.0 Å². The second-order valence-electron chi connectivity index (χ2n) is 3.56. The average Bonchev–Trinajstić information content (AvgIpc) is 2.64. The molecule has 0 spiro atoms. The van der Waals surface area contributed by atoms with Gasteiger partial charge in [-0.2, -0.15) is 0 Å². The Bertz CT molecular complexity index is 455. The number of fused-ring (bicyclic) bond motifs is 1. The molecule has 0 radical (unpaired) electrons. The van der Waals surface area contributed by atoms with Crippen molar-refractivity contribution in [2.75, 3.05) is 0 Å². The number of nitrogens with zero attached hydrogens (tertiary/aromatic N) is 2. The molecule has 0 bridgehead atoms. The van der Waals surface area contributed by atoms with Crippen molar-refractivity contribution in [1.29, 1.82) is 0 Å². The number of hydrogen-bond donors (Lipinski definition) is 0. The Kier molecular flexibility index (Phi) is 4.53. The highest BCUT2D eigenvalue weighted by atomic mass is 15.0. The lowest BCUT2D eigenvalue weighted by atomic mass is 10.1. The minimum atomic E-state index is 1.03. The Hall–Kier alpha value is -1.31. The van der Waals surface area contributed by atoms with Gasteiger partial charge in [0.05, 0.1) is 11.7 Å². The van der Waals surface area contributed by atoms with Crippen LogP contribution in [-0.4, -0.2) is 9.55 Å². The van der Waals surface area contributed by atoms with Crippen LogP contribution in [0.2, 0.25) is 0 Å². The summed E-state index contributed by atoms with van der Waals surface area (Å²) in [4.78, 5) is 4.19. The summed E-state index contributed by atoms with van der Waals surface area (Å²) in [6, 6.07) is 2.11. The summed E-state index contributed by atoms with van der Waals surface area (Å²) in [5.41, 5.74) is 4.12. The van der Waals surface area contributed by atoms with Crippen LogP contribution in [0.25, 0.3) is 10.9 Å². The van der Waals surface area contributed by atoms with E-state index in [0.717, 1.165) is 13.0 Å². The van der Waals surface area contributed by atoms with E-state index in [9.17, 15) is 0 Å². The van der Waals surface area contributed by atoms with Gasteiger partial charge >= 0.3 is 0 Å². The molecule has 2 aromatic rings. The van der Waals surface area contributed by atoms with Crippen molar-refractivity contribution in [3.8, 4) is 0 Å². The molecule has 0 atom stereocenters. The Morgan fingerprint density at radius 2 is 1.94 bits per heavy atom. The molecule has 88 valence electrons. The van der Waals surface area contributed by atoms with Crippen LogP contribution in [0.4, 0.5) is 0 Å². The standard InChI is InChI=1S/C12H16N2.C2H6/c1-4-11-9(3)10-6-7-13-8-12(10)14(11)5-2;1-2/h6-8H,4-5H2,1-3H3;1-2H3. The van der Waals surface area contributed by atoms with Crippen molar-refractivity contribution in [1.82, 2.24) is 9.55 Å². The molecule has 0 N–H and O–H groups in total. The van der Waals surface area contributed by atoms with E-state index in [4.69, 9.17) is 0 Å². The van der Waals surface area contributed by atoms with Crippen LogP contribution in [0, 0.1) is 6.92 Å². The van der Waals surface area contributed by atoms with Gasteiger partial charge < -0.3 is 4.57 Å². The third kappa shape index (κ3) is 1.97. The molecule has 2 aromatic heterocycles. The molecule has 0 saturated carbocycles. The van der Waals surface area contributed by atoms with E-state index < -0.39 is 0 Å². The van der Waals surface area contributed by atoms with E-state index in [0.29, 0.717) is 0 Å². The van der Waals surface area contributed by atoms with Crippen molar-refractivity contribution in [3.05, 3.63) is 29.7 Å². The highest BCUT2D eigenvalue weighted by molar-refractivity contribution is 5.84. The van der Waals surface area contributed by atoms with Crippen LogP contribution >= 0.6 is 0 Å². The van der Waals surface area contributed by atoms with Crippen molar-refractivity contribution in [2.24, 2.45) is 0 Å². The topological polar surface area (TPSA) is 17.8 Å². The number of aryl methyl sites for hydroxylation is 2. The average molecular weight is 218 g/mol. The van der Waals surface area contributed by atoms with E-state index in [1.807, 2.05) is 26.2 Å². The van der Waals surface area contributed by atoms with Gasteiger partial charge in [0.15, 0.2) is 0 Å². The normalized spacial score (nSPS) is 10.1. The van der Waals surface area contributed by atoms with Crippen LogP contribution < -0.4 is 0 Å². The van der Waals surface area contributed by atoms with Crippen LogP contribution in [0.3, 0.4) is 0 Å².